The summed E-state index contributed by atoms with van der Waals surface area (Å²) < 4.78 is 13.8. The molecule has 3 heterocycles. The van der Waals surface area contributed by atoms with Crippen LogP contribution in [0.2, 0.25) is 0 Å². The fourth-order valence-corrected chi connectivity index (χ4v) is 4.28. The molecule has 1 unspecified atom stereocenters. The number of fused-ring (bicyclic) bond motifs is 1. The van der Waals surface area contributed by atoms with E-state index < -0.39 is 5.82 Å². The van der Waals surface area contributed by atoms with Crippen molar-refractivity contribution in [1.29, 1.82) is 0 Å². The minimum Gasteiger partial charge on any atom is -0.338 e. The highest BCUT2D eigenvalue weighted by atomic mass is 19.1. The number of nitrogens with one attached hydrogen (secondary N) is 1. The third-order valence-corrected chi connectivity index (χ3v) is 5.59. The second-order valence-corrected chi connectivity index (χ2v) is 8.05. The lowest BCUT2D eigenvalue weighted by Gasteiger charge is -2.35. The zero-order chi connectivity index (χ0) is 21.1. The Kier molecular flexibility index (Phi) is 5.90. The Labute approximate surface area is 174 Å². The van der Waals surface area contributed by atoms with Crippen molar-refractivity contribution in [2.45, 2.75) is 19.4 Å². The predicted octanol–water partition coefficient (Wildman–Crippen LogP) is 3.05. The van der Waals surface area contributed by atoms with Crippen molar-refractivity contribution in [2.75, 3.05) is 26.7 Å². The van der Waals surface area contributed by atoms with Crippen molar-refractivity contribution in [1.82, 2.24) is 19.8 Å². The molecule has 1 aliphatic heterocycles. The molecule has 1 atom stereocenters. The van der Waals surface area contributed by atoms with Gasteiger partial charge in [0.05, 0.1) is 5.56 Å². The highest BCUT2D eigenvalue weighted by Crippen LogP contribution is 2.23. The molecule has 0 aliphatic carbocycles. The molecule has 1 N–H and O–H groups in total. The number of nitrogens with zero attached hydrogens (tertiary/aromatic N) is 3. The summed E-state index contributed by atoms with van der Waals surface area (Å²) >= 11 is 0. The van der Waals surface area contributed by atoms with Crippen LogP contribution in [0.5, 0.6) is 0 Å². The van der Waals surface area contributed by atoms with E-state index in [1.165, 1.54) is 24.3 Å². The van der Waals surface area contributed by atoms with Crippen LogP contribution in [0.4, 0.5) is 4.39 Å². The lowest BCUT2D eigenvalue weighted by Crippen LogP contribution is -2.43. The molecule has 1 amide bonds. The van der Waals surface area contributed by atoms with Gasteiger partial charge in [-0.15, -0.1) is 0 Å². The van der Waals surface area contributed by atoms with Crippen LogP contribution in [-0.2, 0) is 6.54 Å². The number of piperidine rings is 1. The Balaban J connectivity index is 1.48. The molecule has 1 aliphatic rings. The average Bonchev–Trinajstić information content (AvgIpc) is 2.74. The number of H-pyrrole nitrogens is 1. The van der Waals surface area contributed by atoms with Gasteiger partial charge in [0.15, 0.2) is 0 Å². The van der Waals surface area contributed by atoms with E-state index in [4.69, 9.17) is 0 Å². The van der Waals surface area contributed by atoms with Crippen molar-refractivity contribution >= 4 is 16.8 Å². The highest BCUT2D eigenvalue weighted by Gasteiger charge is 2.26. The van der Waals surface area contributed by atoms with Gasteiger partial charge in [-0.25, -0.2) is 4.39 Å². The maximum Gasteiger partial charge on any atom is 0.254 e. The summed E-state index contributed by atoms with van der Waals surface area (Å²) in [6, 6.07) is 9.34. The zero-order valence-corrected chi connectivity index (χ0v) is 17.0. The van der Waals surface area contributed by atoms with Gasteiger partial charge < -0.3 is 14.8 Å². The van der Waals surface area contributed by atoms with Gasteiger partial charge in [-0.2, -0.15) is 0 Å². The Morgan fingerprint density at radius 1 is 1.33 bits per heavy atom. The molecule has 156 valence electrons. The minimum atomic E-state index is -0.433. The Morgan fingerprint density at radius 3 is 3.00 bits per heavy atom. The van der Waals surface area contributed by atoms with E-state index in [0.717, 1.165) is 31.5 Å². The second kappa shape index (κ2) is 8.75. The predicted molar refractivity (Wildman–Crippen MR) is 114 cm³/mol. The van der Waals surface area contributed by atoms with E-state index in [9.17, 15) is 14.0 Å². The third kappa shape index (κ3) is 4.57. The van der Waals surface area contributed by atoms with Gasteiger partial charge in [-0.1, -0.05) is 6.07 Å². The number of amides is 1. The number of hydrogen-bond donors (Lipinski definition) is 1. The van der Waals surface area contributed by atoms with Crippen LogP contribution in [0.25, 0.3) is 10.9 Å². The molecule has 6 nitrogen and oxygen atoms in total. The lowest BCUT2D eigenvalue weighted by molar-refractivity contribution is 0.0648. The molecule has 0 bridgehead atoms. The molecule has 1 aromatic carbocycles. The number of benzene rings is 1. The van der Waals surface area contributed by atoms with Crippen LogP contribution < -0.4 is 5.56 Å². The Hall–Kier alpha value is -3.06. The number of pyridine rings is 2. The first-order valence-electron chi connectivity index (χ1n) is 10.2. The van der Waals surface area contributed by atoms with E-state index >= 15 is 0 Å². The van der Waals surface area contributed by atoms with Crippen LogP contribution in [0.1, 0.15) is 28.8 Å². The number of hydrogen-bond acceptors (Lipinski definition) is 4. The van der Waals surface area contributed by atoms with Crippen LogP contribution in [0, 0.1) is 11.7 Å². The zero-order valence-electron chi connectivity index (χ0n) is 17.0. The molecular weight excluding hydrogens is 383 g/mol. The van der Waals surface area contributed by atoms with Crippen LogP contribution >= 0.6 is 0 Å². The number of carbonyl (C=O) groups is 1. The topological polar surface area (TPSA) is 69.3 Å². The van der Waals surface area contributed by atoms with Crippen molar-refractivity contribution in [3.63, 3.8) is 0 Å². The number of carbonyl (C=O) groups excluding carboxylic acids is 1. The molecule has 30 heavy (non-hydrogen) atoms. The summed E-state index contributed by atoms with van der Waals surface area (Å²) in [5.74, 6) is -0.303. The monoisotopic (exact) mass is 408 g/mol. The van der Waals surface area contributed by atoms with Gasteiger partial charge in [0.25, 0.3) is 5.91 Å². The van der Waals surface area contributed by atoms with Crippen LogP contribution in [0.15, 0.2) is 53.6 Å². The van der Waals surface area contributed by atoms with Crippen molar-refractivity contribution in [2.24, 2.45) is 5.92 Å². The second-order valence-electron chi connectivity index (χ2n) is 8.05. The first-order valence-corrected chi connectivity index (χ1v) is 10.2. The number of likely N-dealkylation sites (tertiary alicyclic amines) is 1. The fourth-order valence-electron chi connectivity index (χ4n) is 4.28. The summed E-state index contributed by atoms with van der Waals surface area (Å²) in [5, 5.41) is 0.440. The largest absolute Gasteiger partial charge is 0.338 e. The first kappa shape index (κ1) is 20.2. The van der Waals surface area contributed by atoms with E-state index in [-0.39, 0.29) is 17.0 Å². The molecule has 0 saturated carbocycles. The molecule has 0 radical (unpaired) electrons. The van der Waals surface area contributed by atoms with Crippen molar-refractivity contribution in [3.8, 4) is 0 Å². The van der Waals surface area contributed by atoms with E-state index in [1.54, 1.807) is 11.1 Å². The number of aromatic nitrogens is 2. The highest BCUT2D eigenvalue weighted by molar-refractivity contribution is 6.06. The molecule has 1 fully saturated rings. The summed E-state index contributed by atoms with van der Waals surface area (Å²) in [5.41, 5.74) is 1.53. The van der Waals surface area contributed by atoms with Crippen molar-refractivity contribution < 1.29 is 9.18 Å². The van der Waals surface area contributed by atoms with E-state index in [1.807, 2.05) is 12.3 Å². The summed E-state index contributed by atoms with van der Waals surface area (Å²) in [6.07, 6.45) is 5.58. The van der Waals surface area contributed by atoms with Gasteiger partial charge in [0.2, 0.25) is 5.56 Å². The smallest absolute Gasteiger partial charge is 0.254 e. The first-order chi connectivity index (χ1) is 14.5. The normalized spacial score (nSPS) is 16.9. The third-order valence-electron chi connectivity index (χ3n) is 5.59. The fraction of sp³-hybridized carbons (Fsp3) is 0.348. The van der Waals surface area contributed by atoms with E-state index in [0.29, 0.717) is 29.9 Å². The standard InChI is InChI=1S/C23H25FN4O2/c1-27(13-16-4-2-8-25-12-16)14-17-5-3-9-28(15-17)23(30)20-11-22(29)26-21-7-6-18(24)10-19(20)21/h2,4,6-8,10-12,17H,3,5,9,13-15H2,1H3,(H,26,29). The Morgan fingerprint density at radius 2 is 2.20 bits per heavy atom. The maximum absolute atomic E-state index is 13.8. The quantitative estimate of drug-likeness (QED) is 0.705. The molecule has 2 aromatic heterocycles. The summed E-state index contributed by atoms with van der Waals surface area (Å²) in [6.45, 7) is 2.94. The molecular formula is C23H25FN4O2. The number of aromatic amines is 1. The SMILES string of the molecule is CN(Cc1cccnc1)CC1CCCN(C(=O)c2cc(=O)[nH]c3ccc(F)cc23)C1. The van der Waals surface area contributed by atoms with E-state index in [2.05, 4.69) is 28.0 Å². The van der Waals surface area contributed by atoms with Gasteiger partial charge in [-0.3, -0.25) is 14.6 Å². The van der Waals surface area contributed by atoms with Gasteiger partial charge in [0, 0.05) is 55.5 Å². The summed E-state index contributed by atoms with van der Waals surface area (Å²) in [4.78, 5) is 36.1. The minimum absolute atomic E-state index is 0.212. The Bertz CT molecular complexity index is 1100. The molecule has 7 heteroatoms. The van der Waals surface area contributed by atoms with Gasteiger partial charge in [-0.05, 0) is 55.6 Å². The number of halogens is 1. The molecule has 4 rings (SSSR count). The van der Waals surface area contributed by atoms with Gasteiger partial charge in [0.1, 0.15) is 5.82 Å². The lowest BCUT2D eigenvalue weighted by atomic mass is 9.96. The number of rotatable bonds is 5. The van der Waals surface area contributed by atoms with Crippen LogP contribution in [-0.4, -0.2) is 52.4 Å². The average molecular weight is 408 g/mol. The summed E-state index contributed by atoms with van der Waals surface area (Å²) in [7, 11) is 2.07. The van der Waals surface area contributed by atoms with Gasteiger partial charge >= 0.3 is 0 Å². The molecule has 3 aromatic rings. The van der Waals surface area contributed by atoms with Crippen LogP contribution in [0.3, 0.4) is 0 Å². The molecule has 0 spiro atoms. The van der Waals surface area contributed by atoms with Crippen molar-refractivity contribution in [3.05, 3.63) is 76.1 Å². The maximum atomic E-state index is 13.8. The molecule has 1 saturated heterocycles.